The van der Waals surface area contributed by atoms with Gasteiger partial charge in [0.15, 0.2) is 11.5 Å². The molecule has 1 saturated heterocycles. The summed E-state index contributed by atoms with van der Waals surface area (Å²) in [6.45, 7) is 1.43. The molecule has 204 valence electrons. The molecule has 2 amide bonds. The van der Waals surface area contributed by atoms with E-state index in [1.807, 2.05) is 35.4 Å². The van der Waals surface area contributed by atoms with Crippen molar-refractivity contribution >= 4 is 23.6 Å². The fourth-order valence-corrected chi connectivity index (χ4v) is 6.44. The third-order valence-electron chi connectivity index (χ3n) is 8.19. The number of amides is 2. The third kappa shape index (κ3) is 5.37. The Morgan fingerprint density at radius 3 is 2.21 bits per heavy atom. The number of nitrogens with zero attached hydrogens (tertiary/aromatic N) is 2. The van der Waals surface area contributed by atoms with Crippen molar-refractivity contribution in [1.82, 2.24) is 9.80 Å². The van der Waals surface area contributed by atoms with E-state index >= 15 is 0 Å². The van der Waals surface area contributed by atoms with Crippen LogP contribution in [0, 0.1) is 5.92 Å². The molecule has 2 unspecified atom stereocenters. The van der Waals surface area contributed by atoms with E-state index in [2.05, 4.69) is 36.4 Å². The molecule has 0 bridgehead atoms. The van der Waals surface area contributed by atoms with Gasteiger partial charge in [-0.1, -0.05) is 42.5 Å². The van der Waals surface area contributed by atoms with Crippen LogP contribution in [0.3, 0.4) is 0 Å². The molecule has 0 aromatic heterocycles. The van der Waals surface area contributed by atoms with Crippen molar-refractivity contribution in [3.63, 3.8) is 0 Å². The number of likely N-dealkylation sites (tertiary alicyclic amines) is 1. The van der Waals surface area contributed by atoms with Crippen molar-refractivity contribution in [1.29, 1.82) is 0 Å². The van der Waals surface area contributed by atoms with E-state index in [9.17, 15) is 9.59 Å². The summed E-state index contributed by atoms with van der Waals surface area (Å²) in [7, 11) is 4.93. The number of likely N-dealkylation sites (N-methyl/N-ethyl adjacent to an activating group) is 1. The molecule has 2 heterocycles. The van der Waals surface area contributed by atoms with Gasteiger partial charge in [0.25, 0.3) is 5.91 Å². The van der Waals surface area contributed by atoms with Crippen LogP contribution < -0.4 is 9.47 Å². The Bertz CT molecular complexity index is 1320. The Hall–Kier alpha value is -3.45. The fraction of sp³-hybridized carbons (Fsp3) is 0.375. The summed E-state index contributed by atoms with van der Waals surface area (Å²) in [6.07, 6.45) is 5.00. The van der Waals surface area contributed by atoms with Crippen molar-refractivity contribution < 1.29 is 19.1 Å². The van der Waals surface area contributed by atoms with Gasteiger partial charge in [-0.2, -0.15) is 0 Å². The molecule has 1 fully saturated rings. The molecule has 3 aromatic rings. The zero-order valence-electron chi connectivity index (χ0n) is 23.1. The predicted molar refractivity (Wildman–Crippen MR) is 155 cm³/mol. The van der Waals surface area contributed by atoms with Crippen LogP contribution in [0.25, 0.3) is 0 Å². The Morgan fingerprint density at radius 2 is 1.59 bits per heavy atom. The van der Waals surface area contributed by atoms with Gasteiger partial charge in [0.1, 0.15) is 0 Å². The molecule has 7 heteroatoms. The first-order valence-corrected chi connectivity index (χ1v) is 14.7. The normalized spacial score (nSPS) is 19.5. The van der Waals surface area contributed by atoms with E-state index in [0.29, 0.717) is 41.6 Å². The van der Waals surface area contributed by atoms with E-state index in [0.717, 1.165) is 29.7 Å². The summed E-state index contributed by atoms with van der Waals surface area (Å²) < 4.78 is 11.1. The number of benzene rings is 3. The first-order valence-electron chi connectivity index (χ1n) is 13.4. The number of thioether (sulfide) groups is 1. The minimum absolute atomic E-state index is 0.0555. The summed E-state index contributed by atoms with van der Waals surface area (Å²) in [5, 5.41) is 0. The predicted octanol–water partition coefficient (Wildman–Crippen LogP) is 5.82. The van der Waals surface area contributed by atoms with E-state index in [4.69, 9.17) is 9.47 Å². The van der Waals surface area contributed by atoms with Crippen LogP contribution in [-0.2, 0) is 11.2 Å². The van der Waals surface area contributed by atoms with Crippen molar-refractivity contribution in [2.75, 3.05) is 40.6 Å². The van der Waals surface area contributed by atoms with Gasteiger partial charge >= 0.3 is 0 Å². The standard InChI is InChI=1S/C32H36N2O4S/c1-33-30(23-10-12-24(39-4)13-11-23)29(25-19-27(37-2)28(38-3)20-26(25)31(33)35)32(36)34-16-14-22(15-17-34)18-21-8-6-5-7-9-21/h5-13,19-20,22,29-30H,14-18H2,1-4H3. The molecule has 39 heavy (non-hydrogen) atoms. The van der Waals surface area contributed by atoms with Crippen LogP contribution in [0.15, 0.2) is 71.6 Å². The summed E-state index contributed by atoms with van der Waals surface area (Å²) >= 11 is 1.67. The summed E-state index contributed by atoms with van der Waals surface area (Å²) in [5.41, 5.74) is 3.48. The quantitative estimate of drug-likeness (QED) is 0.351. The lowest BCUT2D eigenvalue weighted by molar-refractivity contribution is -0.136. The molecular formula is C32H36N2O4S. The maximum Gasteiger partial charge on any atom is 0.254 e. The van der Waals surface area contributed by atoms with Crippen molar-refractivity contribution in [2.45, 2.75) is 36.1 Å². The average Bonchev–Trinajstić information content (AvgIpc) is 2.99. The highest BCUT2D eigenvalue weighted by atomic mass is 32.2. The number of ether oxygens (including phenoxy) is 2. The highest BCUT2D eigenvalue weighted by molar-refractivity contribution is 7.98. The minimum Gasteiger partial charge on any atom is -0.493 e. The maximum absolute atomic E-state index is 14.4. The van der Waals surface area contributed by atoms with E-state index in [1.165, 1.54) is 5.56 Å². The van der Waals surface area contributed by atoms with Crippen LogP contribution in [-0.4, -0.2) is 62.2 Å². The largest absolute Gasteiger partial charge is 0.493 e. The number of fused-ring (bicyclic) bond motifs is 1. The Kier molecular flexibility index (Phi) is 8.17. The maximum atomic E-state index is 14.4. The second-order valence-electron chi connectivity index (χ2n) is 10.4. The molecule has 2 aliphatic heterocycles. The first kappa shape index (κ1) is 27.1. The van der Waals surface area contributed by atoms with Gasteiger partial charge in [0.05, 0.1) is 26.2 Å². The van der Waals surface area contributed by atoms with Crippen LogP contribution in [0.4, 0.5) is 0 Å². The minimum atomic E-state index is -0.548. The van der Waals surface area contributed by atoms with Crippen molar-refractivity contribution in [2.24, 2.45) is 5.92 Å². The molecule has 2 aliphatic rings. The highest BCUT2D eigenvalue weighted by Crippen LogP contribution is 2.46. The van der Waals surface area contributed by atoms with E-state index in [-0.39, 0.29) is 11.8 Å². The second kappa shape index (κ2) is 11.7. The van der Waals surface area contributed by atoms with Gasteiger partial charge in [0.2, 0.25) is 5.91 Å². The monoisotopic (exact) mass is 544 g/mol. The average molecular weight is 545 g/mol. The van der Waals surface area contributed by atoms with Crippen LogP contribution in [0.1, 0.15) is 51.8 Å². The van der Waals surface area contributed by atoms with Gasteiger partial charge in [-0.05, 0) is 72.4 Å². The Morgan fingerprint density at radius 1 is 0.949 bits per heavy atom. The smallest absolute Gasteiger partial charge is 0.254 e. The number of rotatable bonds is 7. The number of hydrogen-bond acceptors (Lipinski definition) is 5. The zero-order chi connectivity index (χ0) is 27.5. The third-order valence-corrected chi connectivity index (χ3v) is 8.93. The molecule has 3 aromatic carbocycles. The SMILES string of the molecule is COc1cc2c(cc1OC)C(C(=O)N1CCC(Cc3ccccc3)CC1)C(c1ccc(SC)cc1)N(C)C2=O. The molecule has 5 rings (SSSR count). The lowest BCUT2D eigenvalue weighted by atomic mass is 9.78. The van der Waals surface area contributed by atoms with Gasteiger partial charge < -0.3 is 19.3 Å². The summed E-state index contributed by atoms with van der Waals surface area (Å²) in [6, 6.07) is 21.9. The van der Waals surface area contributed by atoms with Gasteiger partial charge in [-0.15, -0.1) is 11.8 Å². The number of methoxy groups -OCH3 is 2. The summed E-state index contributed by atoms with van der Waals surface area (Å²) in [4.78, 5) is 32.9. The van der Waals surface area contributed by atoms with Crippen molar-refractivity contribution in [3.05, 3.63) is 89.0 Å². The molecule has 0 N–H and O–H groups in total. The van der Waals surface area contributed by atoms with Gasteiger partial charge in [0, 0.05) is 30.6 Å². The lowest BCUT2D eigenvalue weighted by Gasteiger charge is -2.43. The van der Waals surface area contributed by atoms with E-state index in [1.54, 1.807) is 44.0 Å². The van der Waals surface area contributed by atoms with Gasteiger partial charge in [-0.3, -0.25) is 9.59 Å². The molecule has 2 atom stereocenters. The Balaban J connectivity index is 1.49. The molecule has 6 nitrogen and oxygen atoms in total. The molecule has 0 spiro atoms. The highest BCUT2D eigenvalue weighted by Gasteiger charge is 2.45. The lowest BCUT2D eigenvalue weighted by Crippen LogP contribution is -2.48. The zero-order valence-corrected chi connectivity index (χ0v) is 23.9. The van der Waals surface area contributed by atoms with Gasteiger partial charge in [-0.25, -0.2) is 0 Å². The molecule has 0 aliphatic carbocycles. The number of hydrogen-bond donors (Lipinski definition) is 0. The van der Waals surface area contributed by atoms with Crippen LogP contribution in [0.5, 0.6) is 11.5 Å². The first-order chi connectivity index (χ1) is 18.9. The topological polar surface area (TPSA) is 59.1 Å². The molecule has 0 radical (unpaired) electrons. The fourth-order valence-electron chi connectivity index (χ4n) is 6.03. The van der Waals surface area contributed by atoms with Crippen molar-refractivity contribution in [3.8, 4) is 11.5 Å². The van der Waals surface area contributed by atoms with Crippen LogP contribution >= 0.6 is 11.8 Å². The van der Waals surface area contributed by atoms with Crippen LogP contribution in [0.2, 0.25) is 0 Å². The van der Waals surface area contributed by atoms with E-state index < -0.39 is 12.0 Å². The molecular weight excluding hydrogens is 508 g/mol. The number of carbonyl (C=O) groups is 2. The summed E-state index contributed by atoms with van der Waals surface area (Å²) in [5.74, 6) is 0.931. The second-order valence-corrected chi connectivity index (χ2v) is 11.2. The Labute approximate surface area is 235 Å². The number of piperidine rings is 1. The number of carbonyl (C=O) groups excluding carboxylic acids is 2. The molecule has 0 saturated carbocycles.